The molecule has 1 fully saturated rings. The minimum atomic E-state index is -0.381. The van der Waals surface area contributed by atoms with Gasteiger partial charge in [0.05, 0.1) is 5.69 Å². The molecule has 1 amide bonds. The molecule has 1 aliphatic carbocycles. The van der Waals surface area contributed by atoms with Crippen LogP contribution in [0, 0.1) is 0 Å². The summed E-state index contributed by atoms with van der Waals surface area (Å²) >= 11 is 3.33. The van der Waals surface area contributed by atoms with Gasteiger partial charge in [-0.3, -0.25) is 4.79 Å². The zero-order chi connectivity index (χ0) is 10.5. The van der Waals surface area contributed by atoms with Gasteiger partial charge in [-0.1, -0.05) is 0 Å². The maximum absolute atomic E-state index is 11.9. The minimum absolute atomic E-state index is 0.0705. The first-order chi connectivity index (χ1) is 7.20. The SMILES string of the molecule is O=C1Nc2cc(Br)cnc2NC12CCC2. The summed E-state index contributed by atoms with van der Waals surface area (Å²) in [5.41, 5.74) is 0.375. The molecule has 1 saturated carbocycles. The van der Waals surface area contributed by atoms with Crippen molar-refractivity contribution in [3.8, 4) is 0 Å². The van der Waals surface area contributed by atoms with Crippen molar-refractivity contribution in [2.24, 2.45) is 0 Å². The van der Waals surface area contributed by atoms with Crippen molar-refractivity contribution in [1.82, 2.24) is 4.98 Å². The predicted molar refractivity (Wildman–Crippen MR) is 60.8 cm³/mol. The highest BCUT2D eigenvalue weighted by Gasteiger charge is 2.47. The molecule has 0 atom stereocenters. The fourth-order valence-corrected chi connectivity index (χ4v) is 2.37. The van der Waals surface area contributed by atoms with E-state index in [2.05, 4.69) is 31.5 Å². The Morgan fingerprint density at radius 2 is 2.27 bits per heavy atom. The highest BCUT2D eigenvalue weighted by atomic mass is 79.9. The highest BCUT2D eigenvalue weighted by molar-refractivity contribution is 9.10. The molecule has 0 unspecified atom stereocenters. The van der Waals surface area contributed by atoms with Crippen LogP contribution < -0.4 is 10.6 Å². The van der Waals surface area contributed by atoms with E-state index in [9.17, 15) is 4.79 Å². The Morgan fingerprint density at radius 1 is 1.47 bits per heavy atom. The zero-order valence-corrected chi connectivity index (χ0v) is 9.60. The van der Waals surface area contributed by atoms with Crippen LogP contribution in [0.4, 0.5) is 11.5 Å². The summed E-state index contributed by atoms with van der Waals surface area (Å²) in [6.07, 6.45) is 4.63. The van der Waals surface area contributed by atoms with Gasteiger partial charge in [-0.15, -0.1) is 0 Å². The third-order valence-corrected chi connectivity index (χ3v) is 3.54. The van der Waals surface area contributed by atoms with Crippen LogP contribution in [-0.4, -0.2) is 16.4 Å². The number of nitrogens with one attached hydrogen (secondary N) is 2. The van der Waals surface area contributed by atoms with Gasteiger partial charge in [-0.25, -0.2) is 4.98 Å². The third-order valence-electron chi connectivity index (χ3n) is 3.10. The van der Waals surface area contributed by atoms with E-state index in [1.165, 1.54) is 0 Å². The molecule has 5 heteroatoms. The molecule has 1 aromatic rings. The van der Waals surface area contributed by atoms with Gasteiger partial charge in [0.25, 0.3) is 0 Å². The summed E-state index contributed by atoms with van der Waals surface area (Å²) in [6.45, 7) is 0. The number of rotatable bonds is 0. The van der Waals surface area contributed by atoms with E-state index in [-0.39, 0.29) is 11.4 Å². The molecule has 2 heterocycles. The van der Waals surface area contributed by atoms with Crippen molar-refractivity contribution in [2.45, 2.75) is 24.8 Å². The third kappa shape index (κ3) is 1.26. The van der Waals surface area contributed by atoms with Gasteiger partial charge in [0.15, 0.2) is 5.82 Å². The topological polar surface area (TPSA) is 54.0 Å². The molecule has 2 N–H and O–H groups in total. The lowest BCUT2D eigenvalue weighted by atomic mass is 9.75. The van der Waals surface area contributed by atoms with Crippen LogP contribution in [0.2, 0.25) is 0 Å². The van der Waals surface area contributed by atoms with Crippen molar-refractivity contribution in [2.75, 3.05) is 10.6 Å². The molecule has 1 aliphatic heterocycles. The Hall–Kier alpha value is -1.10. The normalized spacial score (nSPS) is 21.3. The predicted octanol–water partition coefficient (Wildman–Crippen LogP) is 2.13. The van der Waals surface area contributed by atoms with Gasteiger partial charge < -0.3 is 10.6 Å². The second-order valence-corrected chi connectivity index (χ2v) is 4.98. The molecule has 0 saturated heterocycles. The zero-order valence-electron chi connectivity index (χ0n) is 8.01. The number of carbonyl (C=O) groups excluding carboxylic acids is 1. The first-order valence-corrected chi connectivity index (χ1v) is 5.74. The maximum atomic E-state index is 11.9. The van der Waals surface area contributed by atoms with Crippen LogP contribution >= 0.6 is 15.9 Å². The van der Waals surface area contributed by atoms with Gasteiger partial charge in [-0.2, -0.15) is 0 Å². The van der Waals surface area contributed by atoms with E-state index in [0.717, 1.165) is 35.2 Å². The molecule has 0 aromatic carbocycles. The van der Waals surface area contributed by atoms with Crippen LogP contribution in [0.15, 0.2) is 16.7 Å². The molecule has 3 rings (SSSR count). The first kappa shape index (κ1) is 9.15. The summed E-state index contributed by atoms with van der Waals surface area (Å²) in [5, 5.41) is 6.14. The van der Waals surface area contributed by atoms with Crippen molar-refractivity contribution >= 4 is 33.3 Å². The average molecular weight is 268 g/mol. The Labute approximate surface area is 95.6 Å². The average Bonchev–Trinajstić information content (AvgIpc) is 2.14. The summed E-state index contributed by atoms with van der Waals surface area (Å²) in [4.78, 5) is 16.1. The molecule has 0 radical (unpaired) electrons. The Morgan fingerprint density at radius 3 is 2.93 bits per heavy atom. The van der Waals surface area contributed by atoms with Crippen LogP contribution in [-0.2, 0) is 4.79 Å². The molecule has 0 bridgehead atoms. The minimum Gasteiger partial charge on any atom is -0.354 e. The number of aromatic nitrogens is 1. The number of pyridine rings is 1. The Bertz CT molecular complexity index is 442. The molecule has 1 spiro atoms. The van der Waals surface area contributed by atoms with Crippen molar-refractivity contribution < 1.29 is 4.79 Å². The lowest BCUT2D eigenvalue weighted by Gasteiger charge is -2.44. The summed E-state index contributed by atoms with van der Waals surface area (Å²) in [5.74, 6) is 0.846. The van der Waals surface area contributed by atoms with E-state index >= 15 is 0 Å². The van der Waals surface area contributed by atoms with Crippen LogP contribution in [0.25, 0.3) is 0 Å². The Kier molecular flexibility index (Phi) is 1.80. The fourth-order valence-electron chi connectivity index (χ4n) is 2.04. The number of carbonyl (C=O) groups is 1. The number of hydrogen-bond donors (Lipinski definition) is 2. The number of anilines is 2. The second-order valence-electron chi connectivity index (χ2n) is 4.06. The summed E-state index contributed by atoms with van der Waals surface area (Å²) in [6, 6.07) is 1.86. The van der Waals surface area contributed by atoms with Gasteiger partial charge in [0, 0.05) is 10.7 Å². The molecule has 1 aromatic heterocycles. The molecule has 2 aliphatic rings. The van der Waals surface area contributed by atoms with Gasteiger partial charge in [0.2, 0.25) is 5.91 Å². The lowest BCUT2D eigenvalue weighted by Crippen LogP contribution is -2.57. The van der Waals surface area contributed by atoms with E-state index in [1.807, 2.05) is 6.07 Å². The molecule has 4 nitrogen and oxygen atoms in total. The first-order valence-electron chi connectivity index (χ1n) is 4.95. The maximum Gasteiger partial charge on any atom is 0.250 e. The summed E-state index contributed by atoms with van der Waals surface area (Å²) < 4.78 is 0.868. The summed E-state index contributed by atoms with van der Waals surface area (Å²) in [7, 11) is 0. The van der Waals surface area contributed by atoms with Gasteiger partial charge >= 0.3 is 0 Å². The molecule has 78 valence electrons. The smallest absolute Gasteiger partial charge is 0.250 e. The quantitative estimate of drug-likeness (QED) is 0.757. The number of halogens is 1. The van der Waals surface area contributed by atoms with E-state index < -0.39 is 0 Å². The van der Waals surface area contributed by atoms with Crippen molar-refractivity contribution in [3.63, 3.8) is 0 Å². The molecular weight excluding hydrogens is 258 g/mol. The van der Waals surface area contributed by atoms with Gasteiger partial charge in [-0.05, 0) is 41.3 Å². The highest BCUT2D eigenvalue weighted by Crippen LogP contribution is 2.41. The van der Waals surface area contributed by atoms with E-state index in [1.54, 1.807) is 6.20 Å². The number of amides is 1. The fraction of sp³-hybridized carbons (Fsp3) is 0.400. The Balaban J connectivity index is 2.02. The van der Waals surface area contributed by atoms with Crippen molar-refractivity contribution in [3.05, 3.63) is 16.7 Å². The monoisotopic (exact) mass is 267 g/mol. The second kappa shape index (κ2) is 2.95. The number of nitrogens with zero attached hydrogens (tertiary/aromatic N) is 1. The standard InChI is InChI=1S/C10H10BrN3O/c11-6-4-7-8(12-5-6)14-10(2-1-3-10)9(15)13-7/h4-5H,1-3H2,(H,12,14)(H,13,15). The number of hydrogen-bond acceptors (Lipinski definition) is 3. The van der Waals surface area contributed by atoms with E-state index in [0.29, 0.717) is 0 Å². The van der Waals surface area contributed by atoms with E-state index in [4.69, 9.17) is 0 Å². The lowest BCUT2D eigenvalue weighted by molar-refractivity contribution is -0.123. The van der Waals surface area contributed by atoms with Gasteiger partial charge in [0.1, 0.15) is 5.54 Å². The van der Waals surface area contributed by atoms with Crippen LogP contribution in [0.1, 0.15) is 19.3 Å². The number of fused-ring (bicyclic) bond motifs is 1. The van der Waals surface area contributed by atoms with Crippen molar-refractivity contribution in [1.29, 1.82) is 0 Å². The van der Waals surface area contributed by atoms with Crippen LogP contribution in [0.3, 0.4) is 0 Å². The molecular formula is C10H10BrN3O. The van der Waals surface area contributed by atoms with Crippen LogP contribution in [0.5, 0.6) is 0 Å². The molecule has 15 heavy (non-hydrogen) atoms. The largest absolute Gasteiger partial charge is 0.354 e.